The highest BCUT2D eigenvalue weighted by molar-refractivity contribution is 5.78. The first kappa shape index (κ1) is 9.34. The number of aliphatic carboxylic acids is 1. The van der Waals surface area contributed by atoms with Crippen LogP contribution < -0.4 is 5.73 Å². The molecule has 0 fully saturated rings. The Morgan fingerprint density at radius 2 is 2.31 bits per heavy atom. The van der Waals surface area contributed by atoms with Gasteiger partial charge in [-0.3, -0.25) is 14.6 Å². The summed E-state index contributed by atoms with van der Waals surface area (Å²) in [6, 6.07) is 0.270. The zero-order valence-corrected chi connectivity index (χ0v) is 6.68. The molecular weight excluding hydrogens is 172 g/mol. The molecule has 1 aromatic rings. The lowest BCUT2D eigenvalue weighted by Gasteiger charge is -2.05. The molecule has 1 aromatic heterocycles. The second-order valence-electron chi connectivity index (χ2n) is 2.49. The summed E-state index contributed by atoms with van der Waals surface area (Å²) < 4.78 is 0. The van der Waals surface area contributed by atoms with Gasteiger partial charge in [-0.1, -0.05) is 0 Å². The smallest absolute Gasteiger partial charge is 0.325 e. The standard InChI is InChI=1S/C8H8N2O3/c9-7(8(12)13)6-1-5(4-11)2-10-3-6/h1-4,7H,9H2,(H,12,13)/t7-/m0/s1. The van der Waals surface area contributed by atoms with Crippen molar-refractivity contribution in [3.63, 3.8) is 0 Å². The van der Waals surface area contributed by atoms with Crippen LogP contribution in [0.4, 0.5) is 0 Å². The zero-order chi connectivity index (χ0) is 9.84. The Hall–Kier alpha value is -1.75. The summed E-state index contributed by atoms with van der Waals surface area (Å²) >= 11 is 0. The van der Waals surface area contributed by atoms with Gasteiger partial charge in [0, 0.05) is 18.0 Å². The first-order valence-corrected chi connectivity index (χ1v) is 3.53. The molecule has 0 radical (unpaired) electrons. The third-order valence-corrected chi connectivity index (χ3v) is 1.54. The number of aldehydes is 1. The van der Waals surface area contributed by atoms with Crippen LogP contribution >= 0.6 is 0 Å². The molecule has 13 heavy (non-hydrogen) atoms. The van der Waals surface area contributed by atoms with E-state index in [4.69, 9.17) is 10.8 Å². The second-order valence-corrected chi connectivity index (χ2v) is 2.49. The highest BCUT2D eigenvalue weighted by Gasteiger charge is 2.14. The normalized spacial score (nSPS) is 12.1. The molecule has 5 nitrogen and oxygen atoms in total. The molecule has 0 spiro atoms. The van der Waals surface area contributed by atoms with E-state index >= 15 is 0 Å². The average Bonchev–Trinajstić information content (AvgIpc) is 2.16. The molecule has 0 aliphatic heterocycles. The predicted octanol–water partition coefficient (Wildman–Crippen LogP) is -0.0215. The van der Waals surface area contributed by atoms with Gasteiger partial charge in [0.25, 0.3) is 0 Å². The molecule has 0 bridgehead atoms. The fourth-order valence-electron chi connectivity index (χ4n) is 0.853. The summed E-state index contributed by atoms with van der Waals surface area (Å²) in [5, 5.41) is 8.56. The Labute approximate surface area is 74.2 Å². The van der Waals surface area contributed by atoms with Gasteiger partial charge >= 0.3 is 5.97 Å². The van der Waals surface area contributed by atoms with Crippen LogP contribution in [0, 0.1) is 0 Å². The van der Waals surface area contributed by atoms with Gasteiger partial charge < -0.3 is 10.8 Å². The molecular formula is C8H8N2O3. The molecule has 0 aromatic carbocycles. The van der Waals surface area contributed by atoms with E-state index in [-0.39, 0.29) is 0 Å². The molecule has 0 saturated carbocycles. The van der Waals surface area contributed by atoms with Crippen molar-refractivity contribution in [2.75, 3.05) is 0 Å². The van der Waals surface area contributed by atoms with Crippen LogP contribution in [0.1, 0.15) is 22.0 Å². The summed E-state index contributed by atoms with van der Waals surface area (Å²) in [7, 11) is 0. The molecule has 1 atom stereocenters. The molecule has 0 aliphatic rings. The molecule has 0 amide bonds. The van der Waals surface area contributed by atoms with Crippen LogP contribution in [0.5, 0.6) is 0 Å². The SMILES string of the molecule is N[C@H](C(=O)O)c1cncc(C=O)c1. The number of hydrogen-bond donors (Lipinski definition) is 2. The molecule has 0 unspecified atom stereocenters. The van der Waals surface area contributed by atoms with E-state index in [1.807, 2.05) is 0 Å². The van der Waals surface area contributed by atoms with Crippen molar-refractivity contribution in [3.8, 4) is 0 Å². The maximum absolute atomic E-state index is 10.5. The lowest BCUT2D eigenvalue weighted by Crippen LogP contribution is -2.20. The van der Waals surface area contributed by atoms with Crippen LogP contribution in [0.15, 0.2) is 18.5 Å². The van der Waals surface area contributed by atoms with E-state index in [1.54, 1.807) is 0 Å². The lowest BCUT2D eigenvalue weighted by atomic mass is 10.1. The van der Waals surface area contributed by atoms with Crippen LogP contribution in [0.25, 0.3) is 0 Å². The quantitative estimate of drug-likeness (QED) is 0.637. The Balaban J connectivity index is 3.01. The van der Waals surface area contributed by atoms with Gasteiger partial charge in [-0.15, -0.1) is 0 Å². The number of carboxylic acids is 1. The number of pyridine rings is 1. The number of carbonyl (C=O) groups is 2. The molecule has 0 saturated heterocycles. The van der Waals surface area contributed by atoms with Crippen molar-refractivity contribution in [2.24, 2.45) is 5.73 Å². The maximum Gasteiger partial charge on any atom is 0.325 e. The maximum atomic E-state index is 10.5. The Morgan fingerprint density at radius 1 is 1.62 bits per heavy atom. The van der Waals surface area contributed by atoms with Crippen LogP contribution in [-0.2, 0) is 4.79 Å². The van der Waals surface area contributed by atoms with E-state index in [2.05, 4.69) is 4.98 Å². The van der Waals surface area contributed by atoms with E-state index in [1.165, 1.54) is 18.5 Å². The number of hydrogen-bond acceptors (Lipinski definition) is 4. The summed E-state index contributed by atoms with van der Waals surface area (Å²) in [5.41, 5.74) is 5.94. The minimum atomic E-state index is -1.15. The van der Waals surface area contributed by atoms with Gasteiger partial charge in [0.05, 0.1) is 0 Å². The molecule has 1 rings (SSSR count). The van der Waals surface area contributed by atoms with Gasteiger partial charge in [-0.25, -0.2) is 0 Å². The molecule has 5 heteroatoms. The molecule has 3 N–H and O–H groups in total. The van der Waals surface area contributed by atoms with E-state index < -0.39 is 12.0 Å². The second kappa shape index (κ2) is 3.77. The fourth-order valence-corrected chi connectivity index (χ4v) is 0.853. The number of aromatic nitrogens is 1. The lowest BCUT2D eigenvalue weighted by molar-refractivity contribution is -0.138. The molecule has 68 valence electrons. The molecule has 0 aliphatic carbocycles. The van der Waals surface area contributed by atoms with Crippen molar-refractivity contribution in [3.05, 3.63) is 29.6 Å². The highest BCUT2D eigenvalue weighted by Crippen LogP contribution is 2.09. The number of carboxylic acid groups (broad SMARTS) is 1. The van der Waals surface area contributed by atoms with Crippen molar-refractivity contribution < 1.29 is 14.7 Å². The summed E-state index contributed by atoms with van der Waals surface area (Å²) in [5.74, 6) is -1.15. The topological polar surface area (TPSA) is 93.3 Å². The van der Waals surface area contributed by atoms with E-state index in [0.29, 0.717) is 17.4 Å². The summed E-state index contributed by atoms with van der Waals surface area (Å²) in [6.45, 7) is 0. The highest BCUT2D eigenvalue weighted by atomic mass is 16.4. The van der Waals surface area contributed by atoms with Crippen LogP contribution in [0.3, 0.4) is 0 Å². The number of nitrogens with two attached hydrogens (primary N) is 1. The molecule has 1 heterocycles. The van der Waals surface area contributed by atoms with Gasteiger partial charge in [-0.05, 0) is 11.6 Å². The number of nitrogens with zero attached hydrogens (tertiary/aromatic N) is 1. The predicted molar refractivity (Wildman–Crippen MR) is 44.2 cm³/mol. The third-order valence-electron chi connectivity index (χ3n) is 1.54. The summed E-state index contributed by atoms with van der Waals surface area (Å²) in [4.78, 5) is 24.5. The summed E-state index contributed by atoms with van der Waals surface area (Å²) in [6.07, 6.45) is 3.25. The van der Waals surface area contributed by atoms with Crippen molar-refractivity contribution in [1.29, 1.82) is 0 Å². The third kappa shape index (κ3) is 2.09. The zero-order valence-electron chi connectivity index (χ0n) is 6.68. The fraction of sp³-hybridized carbons (Fsp3) is 0.125. The average molecular weight is 180 g/mol. The van der Waals surface area contributed by atoms with Gasteiger partial charge in [0.15, 0.2) is 6.29 Å². The first-order valence-electron chi connectivity index (χ1n) is 3.53. The Morgan fingerprint density at radius 3 is 2.85 bits per heavy atom. The van der Waals surface area contributed by atoms with Crippen molar-refractivity contribution in [1.82, 2.24) is 4.98 Å². The Bertz CT molecular complexity index is 338. The van der Waals surface area contributed by atoms with E-state index in [9.17, 15) is 9.59 Å². The largest absolute Gasteiger partial charge is 0.480 e. The number of carbonyl (C=O) groups excluding carboxylic acids is 1. The minimum absolute atomic E-state index is 0.314. The van der Waals surface area contributed by atoms with Crippen molar-refractivity contribution >= 4 is 12.3 Å². The number of rotatable bonds is 3. The minimum Gasteiger partial charge on any atom is -0.480 e. The van der Waals surface area contributed by atoms with Crippen LogP contribution in [0.2, 0.25) is 0 Å². The van der Waals surface area contributed by atoms with Gasteiger partial charge in [0.1, 0.15) is 6.04 Å². The van der Waals surface area contributed by atoms with Crippen LogP contribution in [-0.4, -0.2) is 22.3 Å². The van der Waals surface area contributed by atoms with Gasteiger partial charge in [-0.2, -0.15) is 0 Å². The first-order chi connectivity index (χ1) is 6.15. The van der Waals surface area contributed by atoms with Gasteiger partial charge in [0.2, 0.25) is 0 Å². The van der Waals surface area contributed by atoms with E-state index in [0.717, 1.165) is 0 Å². The monoisotopic (exact) mass is 180 g/mol. The Kier molecular flexibility index (Phi) is 2.71. The van der Waals surface area contributed by atoms with Crippen molar-refractivity contribution in [2.45, 2.75) is 6.04 Å².